The van der Waals surface area contributed by atoms with Gasteiger partial charge in [0.05, 0.1) is 9.93 Å². The van der Waals surface area contributed by atoms with Crippen LogP contribution in [-0.4, -0.2) is 37.7 Å². The molecule has 0 N–H and O–H groups in total. The smallest absolute Gasteiger partial charge is 0.293 e. The van der Waals surface area contributed by atoms with Gasteiger partial charge in [-0.05, 0) is 55.3 Å². The number of carbonyl (C=O) groups is 2. The van der Waals surface area contributed by atoms with E-state index < -0.39 is 0 Å². The molecule has 2 amide bonds. The first-order valence-electron chi connectivity index (χ1n) is 11.5. The molecule has 3 rings (SSSR count). The number of hydrogen-bond acceptors (Lipinski definition) is 5. The summed E-state index contributed by atoms with van der Waals surface area (Å²) in [7, 11) is 0. The maximum atomic E-state index is 12.6. The average molecular weight is 460 g/mol. The number of amides is 2. The van der Waals surface area contributed by atoms with Crippen molar-refractivity contribution in [1.29, 1.82) is 0 Å². The summed E-state index contributed by atoms with van der Waals surface area (Å²) in [6.45, 7) is 2.74. The van der Waals surface area contributed by atoms with Crippen LogP contribution in [0.15, 0.2) is 46.6 Å². The van der Waals surface area contributed by atoms with Crippen LogP contribution in [0.2, 0.25) is 0 Å². The van der Waals surface area contributed by atoms with Crippen LogP contribution in [0, 0.1) is 0 Å². The third-order valence-electron chi connectivity index (χ3n) is 5.43. The lowest BCUT2D eigenvalue weighted by Crippen LogP contribution is -2.29. The molecule has 1 saturated heterocycles. The molecule has 1 aliphatic rings. The van der Waals surface area contributed by atoms with Crippen LogP contribution in [0.1, 0.15) is 71.1 Å². The van der Waals surface area contributed by atoms with Crippen molar-refractivity contribution in [2.24, 2.45) is 0 Å². The molecule has 2 aromatic heterocycles. The van der Waals surface area contributed by atoms with Gasteiger partial charge in [-0.15, -0.1) is 11.8 Å². The number of nitrogens with zero attached hydrogens (tertiary/aromatic N) is 3. The molecule has 5 nitrogen and oxygen atoms in total. The summed E-state index contributed by atoms with van der Waals surface area (Å²) in [5.41, 5.74) is 0.950. The van der Waals surface area contributed by atoms with Crippen LogP contribution in [0.25, 0.3) is 5.65 Å². The first kappa shape index (κ1) is 23.9. The monoisotopic (exact) mass is 459 g/mol. The number of thioether (sulfide) groups is 2. The number of hydrogen-bond donors (Lipinski definition) is 0. The molecule has 0 unspecified atom stereocenters. The molecule has 3 heterocycles. The van der Waals surface area contributed by atoms with Gasteiger partial charge >= 0.3 is 0 Å². The number of imidazole rings is 1. The number of rotatable bonds is 14. The zero-order valence-electron chi connectivity index (χ0n) is 18.4. The van der Waals surface area contributed by atoms with E-state index in [1.165, 1.54) is 43.4 Å². The first-order valence-corrected chi connectivity index (χ1v) is 13.3. The summed E-state index contributed by atoms with van der Waals surface area (Å²) in [4.78, 5) is 31.1. The number of carbonyl (C=O) groups excluding carboxylic acids is 2. The van der Waals surface area contributed by atoms with Crippen molar-refractivity contribution in [3.05, 3.63) is 41.6 Å². The Kier molecular flexibility index (Phi) is 10.0. The number of pyridine rings is 1. The summed E-state index contributed by atoms with van der Waals surface area (Å²) in [5.74, 6) is 0.843. The fraction of sp³-hybridized carbons (Fsp3) is 0.542. The minimum Gasteiger partial charge on any atom is -0.294 e. The summed E-state index contributed by atoms with van der Waals surface area (Å²) in [5, 5.41) is 1.04. The number of allylic oxidation sites excluding steroid dienone is 1. The minimum atomic E-state index is -0.119. The molecule has 1 fully saturated rings. The molecule has 168 valence electrons. The van der Waals surface area contributed by atoms with Crippen molar-refractivity contribution in [3.8, 4) is 0 Å². The van der Waals surface area contributed by atoms with Gasteiger partial charge in [-0.2, -0.15) is 0 Å². The number of aromatic nitrogens is 2. The lowest BCUT2D eigenvalue weighted by atomic mass is 10.1. The van der Waals surface area contributed by atoms with Gasteiger partial charge in [-0.25, -0.2) is 4.98 Å². The Labute approximate surface area is 194 Å². The van der Waals surface area contributed by atoms with Crippen LogP contribution in [0.3, 0.4) is 0 Å². The second-order valence-corrected chi connectivity index (χ2v) is 9.99. The predicted octanol–water partition coefficient (Wildman–Crippen LogP) is 6.93. The first-order chi connectivity index (χ1) is 15.2. The highest BCUT2D eigenvalue weighted by molar-refractivity contribution is 8.18. The SMILES string of the molecule is CCCCCCCCC/C=C1/SC(=O)N(CCCCSc2cccc3nccn23)C1=O. The molecular weight excluding hydrogens is 426 g/mol. The summed E-state index contributed by atoms with van der Waals surface area (Å²) in [6.07, 6.45) is 17.2. The van der Waals surface area contributed by atoms with Gasteiger partial charge in [0.1, 0.15) is 5.65 Å². The molecular formula is C24H33N3O2S2. The standard InChI is InChI=1S/C24H33N3O2S2/c1-2-3-4-5-6-7-8-9-13-20-23(28)27(24(29)31-20)17-10-11-19-30-22-15-12-14-21-25-16-18-26(21)22/h12-16,18H,2-11,17,19H2,1H3/b20-13+. The molecule has 7 heteroatoms. The molecule has 0 spiro atoms. The molecule has 31 heavy (non-hydrogen) atoms. The van der Waals surface area contributed by atoms with Crippen LogP contribution >= 0.6 is 23.5 Å². The van der Waals surface area contributed by atoms with Crippen LogP contribution in [-0.2, 0) is 4.79 Å². The predicted molar refractivity (Wildman–Crippen MR) is 131 cm³/mol. The maximum Gasteiger partial charge on any atom is 0.293 e. The zero-order valence-corrected chi connectivity index (χ0v) is 20.1. The van der Waals surface area contributed by atoms with Gasteiger partial charge in [0.25, 0.3) is 11.1 Å². The quantitative estimate of drug-likeness (QED) is 0.174. The number of unbranched alkanes of at least 4 members (excludes halogenated alkanes) is 8. The number of fused-ring (bicyclic) bond motifs is 1. The molecule has 0 aliphatic carbocycles. The van der Waals surface area contributed by atoms with E-state index in [9.17, 15) is 9.59 Å². The van der Waals surface area contributed by atoms with Crippen LogP contribution in [0.5, 0.6) is 0 Å². The highest BCUT2D eigenvalue weighted by atomic mass is 32.2. The van der Waals surface area contributed by atoms with Crippen molar-refractivity contribution in [3.63, 3.8) is 0 Å². The van der Waals surface area contributed by atoms with Crippen LogP contribution < -0.4 is 0 Å². The van der Waals surface area contributed by atoms with Crippen molar-refractivity contribution >= 4 is 40.3 Å². The lowest BCUT2D eigenvalue weighted by Gasteiger charge is -2.12. The lowest BCUT2D eigenvalue weighted by molar-refractivity contribution is -0.122. The van der Waals surface area contributed by atoms with E-state index in [0.29, 0.717) is 11.4 Å². The number of imide groups is 1. The van der Waals surface area contributed by atoms with E-state index in [0.717, 1.165) is 53.9 Å². The summed E-state index contributed by atoms with van der Waals surface area (Å²) < 4.78 is 2.08. The molecule has 0 saturated carbocycles. The summed E-state index contributed by atoms with van der Waals surface area (Å²) in [6, 6.07) is 6.10. The Balaban J connectivity index is 1.33. The topological polar surface area (TPSA) is 54.7 Å². The largest absolute Gasteiger partial charge is 0.294 e. The fourth-order valence-electron chi connectivity index (χ4n) is 3.65. The third kappa shape index (κ3) is 7.14. The molecule has 0 atom stereocenters. The normalized spacial score (nSPS) is 15.6. The average Bonchev–Trinajstić information content (AvgIpc) is 3.35. The molecule has 1 aliphatic heterocycles. The maximum absolute atomic E-state index is 12.6. The Morgan fingerprint density at radius 2 is 1.84 bits per heavy atom. The van der Waals surface area contributed by atoms with E-state index in [2.05, 4.69) is 22.4 Å². The van der Waals surface area contributed by atoms with E-state index in [-0.39, 0.29) is 11.1 Å². The van der Waals surface area contributed by atoms with Crippen molar-refractivity contribution in [1.82, 2.24) is 14.3 Å². The van der Waals surface area contributed by atoms with Gasteiger partial charge in [0.2, 0.25) is 0 Å². The van der Waals surface area contributed by atoms with Gasteiger partial charge in [-0.3, -0.25) is 18.9 Å². The second-order valence-electron chi connectivity index (χ2n) is 7.88. The Morgan fingerprint density at radius 3 is 2.68 bits per heavy atom. The van der Waals surface area contributed by atoms with Crippen molar-refractivity contribution in [2.75, 3.05) is 12.3 Å². The molecule has 0 aromatic carbocycles. The Bertz CT molecular complexity index is 894. The van der Waals surface area contributed by atoms with E-state index in [1.54, 1.807) is 18.0 Å². The zero-order chi connectivity index (χ0) is 21.9. The van der Waals surface area contributed by atoms with E-state index >= 15 is 0 Å². The highest BCUT2D eigenvalue weighted by Crippen LogP contribution is 2.31. The van der Waals surface area contributed by atoms with E-state index in [4.69, 9.17) is 0 Å². The van der Waals surface area contributed by atoms with Crippen molar-refractivity contribution < 1.29 is 9.59 Å². The van der Waals surface area contributed by atoms with Gasteiger partial charge in [0.15, 0.2) is 0 Å². The van der Waals surface area contributed by atoms with Gasteiger partial charge in [0, 0.05) is 18.9 Å². The third-order valence-corrected chi connectivity index (χ3v) is 7.51. The molecule has 0 bridgehead atoms. The van der Waals surface area contributed by atoms with Crippen LogP contribution in [0.4, 0.5) is 4.79 Å². The molecule has 0 radical (unpaired) electrons. The molecule has 2 aromatic rings. The second kappa shape index (κ2) is 13.0. The summed E-state index contributed by atoms with van der Waals surface area (Å²) >= 11 is 2.88. The minimum absolute atomic E-state index is 0.103. The Hall–Kier alpha value is -1.73. The van der Waals surface area contributed by atoms with Gasteiger partial charge < -0.3 is 0 Å². The van der Waals surface area contributed by atoms with Gasteiger partial charge in [-0.1, -0.05) is 57.6 Å². The highest BCUT2D eigenvalue weighted by Gasteiger charge is 2.34. The Morgan fingerprint density at radius 1 is 1.03 bits per heavy atom. The fourth-order valence-corrected chi connectivity index (χ4v) is 5.55. The van der Waals surface area contributed by atoms with Crippen molar-refractivity contribution in [2.45, 2.75) is 76.2 Å². The van der Waals surface area contributed by atoms with E-state index in [1.807, 2.05) is 24.4 Å².